The zero-order chi connectivity index (χ0) is 24.1. The van der Waals surface area contributed by atoms with E-state index in [0.717, 1.165) is 5.56 Å². The molecule has 7 heteroatoms. The highest BCUT2D eigenvalue weighted by atomic mass is 16.5. The molecule has 2 aromatic carbocycles. The smallest absolute Gasteiger partial charge is 0.295 e. The van der Waals surface area contributed by atoms with Crippen LogP contribution in [-0.2, 0) is 16.1 Å². The van der Waals surface area contributed by atoms with Gasteiger partial charge in [-0.2, -0.15) is 0 Å². The molecule has 1 N–H and O–H groups in total. The molecule has 1 aliphatic heterocycles. The highest BCUT2D eigenvalue weighted by molar-refractivity contribution is 6.46. The number of pyridine rings is 1. The summed E-state index contributed by atoms with van der Waals surface area (Å²) in [6, 6.07) is 16.6. The topological polar surface area (TPSA) is 89.0 Å². The van der Waals surface area contributed by atoms with E-state index >= 15 is 0 Å². The minimum Gasteiger partial charge on any atom is -0.507 e. The highest BCUT2D eigenvalue weighted by Crippen LogP contribution is 2.41. The molecular weight excluding hydrogens is 432 g/mol. The van der Waals surface area contributed by atoms with Gasteiger partial charge in [-0.05, 0) is 41.5 Å². The Morgan fingerprint density at radius 3 is 2.59 bits per heavy atom. The molecule has 1 atom stereocenters. The lowest BCUT2D eigenvalue weighted by atomic mass is 9.95. The van der Waals surface area contributed by atoms with Crippen molar-refractivity contribution in [3.8, 4) is 11.5 Å². The van der Waals surface area contributed by atoms with E-state index in [9.17, 15) is 14.7 Å². The first-order valence-electron chi connectivity index (χ1n) is 10.7. The van der Waals surface area contributed by atoms with Crippen molar-refractivity contribution in [2.24, 2.45) is 0 Å². The minimum atomic E-state index is -0.792. The molecule has 2 heterocycles. The molecule has 1 aliphatic rings. The maximum atomic E-state index is 13.2. The van der Waals surface area contributed by atoms with Crippen molar-refractivity contribution < 1.29 is 24.2 Å². The van der Waals surface area contributed by atoms with E-state index in [1.54, 1.807) is 73.1 Å². The molecule has 1 aromatic heterocycles. The lowest BCUT2D eigenvalue weighted by Crippen LogP contribution is -2.29. The van der Waals surface area contributed by atoms with Crippen LogP contribution in [0, 0.1) is 0 Å². The Kier molecular flexibility index (Phi) is 6.73. The van der Waals surface area contributed by atoms with Crippen molar-refractivity contribution in [2.75, 3.05) is 13.7 Å². The number of ketones is 1. The van der Waals surface area contributed by atoms with Gasteiger partial charge in [-0.1, -0.05) is 43.0 Å². The van der Waals surface area contributed by atoms with E-state index in [0.29, 0.717) is 29.2 Å². The number of ether oxygens (including phenoxy) is 2. The van der Waals surface area contributed by atoms with Crippen molar-refractivity contribution in [2.45, 2.75) is 12.6 Å². The molecule has 1 amide bonds. The third kappa shape index (κ3) is 4.54. The van der Waals surface area contributed by atoms with Gasteiger partial charge in [0.2, 0.25) is 0 Å². The lowest BCUT2D eigenvalue weighted by Gasteiger charge is -2.25. The number of aromatic nitrogens is 1. The second-order valence-corrected chi connectivity index (χ2v) is 7.69. The van der Waals surface area contributed by atoms with Crippen molar-refractivity contribution >= 4 is 17.4 Å². The predicted octanol–water partition coefficient (Wildman–Crippen LogP) is 4.28. The fraction of sp³-hybridized carbons (Fsp3) is 0.148. The van der Waals surface area contributed by atoms with Crippen LogP contribution in [0.1, 0.15) is 22.7 Å². The number of Topliss-reactive ketones (excluding diaryl/α,β-unsaturated/α-hetero) is 1. The summed E-state index contributed by atoms with van der Waals surface area (Å²) < 4.78 is 10.8. The van der Waals surface area contributed by atoms with E-state index < -0.39 is 17.7 Å². The summed E-state index contributed by atoms with van der Waals surface area (Å²) in [5, 5.41) is 11.2. The van der Waals surface area contributed by atoms with Gasteiger partial charge >= 0.3 is 0 Å². The minimum absolute atomic E-state index is 0.0157. The number of amides is 1. The molecular formula is C27H24N2O5. The lowest BCUT2D eigenvalue weighted by molar-refractivity contribution is -0.140. The fourth-order valence-electron chi connectivity index (χ4n) is 3.91. The number of hydrogen-bond acceptors (Lipinski definition) is 6. The monoisotopic (exact) mass is 456 g/mol. The number of nitrogens with zero attached hydrogens (tertiary/aromatic N) is 2. The Bertz CT molecular complexity index is 1240. The van der Waals surface area contributed by atoms with E-state index in [4.69, 9.17) is 9.47 Å². The van der Waals surface area contributed by atoms with Crippen LogP contribution in [0.5, 0.6) is 11.5 Å². The Morgan fingerprint density at radius 2 is 1.91 bits per heavy atom. The van der Waals surface area contributed by atoms with Gasteiger partial charge in [0.1, 0.15) is 23.9 Å². The molecule has 0 radical (unpaired) electrons. The van der Waals surface area contributed by atoms with Gasteiger partial charge in [0.25, 0.3) is 11.7 Å². The number of aliphatic hydroxyl groups is 1. The zero-order valence-electron chi connectivity index (χ0n) is 18.7. The van der Waals surface area contributed by atoms with Crippen LogP contribution >= 0.6 is 0 Å². The summed E-state index contributed by atoms with van der Waals surface area (Å²) in [6.45, 7) is 4.15. The second-order valence-electron chi connectivity index (χ2n) is 7.69. The second kappa shape index (κ2) is 10.0. The van der Waals surface area contributed by atoms with Crippen molar-refractivity contribution in [3.63, 3.8) is 0 Å². The fourth-order valence-corrected chi connectivity index (χ4v) is 3.91. The number of likely N-dealkylation sites (tertiary alicyclic amines) is 1. The SMILES string of the molecule is C=CCOc1ccc(C2/C(=C(\O)c3cccc(OC)c3)C(=O)C(=O)N2Cc2cccnc2)cc1. The Labute approximate surface area is 197 Å². The number of carbonyl (C=O) groups excluding carboxylic acids is 2. The van der Waals surface area contributed by atoms with E-state index in [1.807, 2.05) is 6.07 Å². The molecule has 0 saturated carbocycles. The van der Waals surface area contributed by atoms with Crippen LogP contribution in [0.4, 0.5) is 0 Å². The molecule has 7 nitrogen and oxygen atoms in total. The summed E-state index contributed by atoms with van der Waals surface area (Å²) >= 11 is 0. The average molecular weight is 456 g/mol. The third-order valence-corrected chi connectivity index (χ3v) is 5.52. The van der Waals surface area contributed by atoms with Gasteiger partial charge in [-0.15, -0.1) is 0 Å². The summed E-state index contributed by atoms with van der Waals surface area (Å²) in [4.78, 5) is 31.9. The Morgan fingerprint density at radius 1 is 1.12 bits per heavy atom. The van der Waals surface area contributed by atoms with Gasteiger partial charge in [0.05, 0.1) is 18.7 Å². The van der Waals surface area contributed by atoms with E-state index in [2.05, 4.69) is 11.6 Å². The maximum absolute atomic E-state index is 13.2. The van der Waals surface area contributed by atoms with Crippen LogP contribution in [0.15, 0.2) is 91.3 Å². The summed E-state index contributed by atoms with van der Waals surface area (Å²) in [5.74, 6) is -0.552. The van der Waals surface area contributed by atoms with Crippen LogP contribution in [0.3, 0.4) is 0 Å². The molecule has 0 spiro atoms. The average Bonchev–Trinajstić information content (AvgIpc) is 3.13. The van der Waals surface area contributed by atoms with Crippen LogP contribution in [0.25, 0.3) is 5.76 Å². The first-order valence-corrected chi connectivity index (χ1v) is 10.7. The first kappa shape index (κ1) is 22.8. The molecule has 0 aliphatic carbocycles. The molecule has 172 valence electrons. The van der Waals surface area contributed by atoms with E-state index in [1.165, 1.54) is 12.0 Å². The molecule has 3 aromatic rings. The summed E-state index contributed by atoms with van der Waals surface area (Å²) in [5.41, 5.74) is 1.83. The van der Waals surface area contributed by atoms with Crippen LogP contribution in [0.2, 0.25) is 0 Å². The molecule has 34 heavy (non-hydrogen) atoms. The van der Waals surface area contributed by atoms with Crippen LogP contribution < -0.4 is 9.47 Å². The number of benzene rings is 2. The largest absolute Gasteiger partial charge is 0.507 e. The number of carbonyl (C=O) groups is 2. The van der Waals surface area contributed by atoms with Crippen LogP contribution in [-0.4, -0.2) is 40.4 Å². The molecule has 1 saturated heterocycles. The summed E-state index contributed by atoms with van der Waals surface area (Å²) in [7, 11) is 1.52. The molecule has 0 bridgehead atoms. The van der Waals surface area contributed by atoms with Crippen molar-refractivity contribution in [1.82, 2.24) is 9.88 Å². The molecule has 4 rings (SSSR count). The Hall–Kier alpha value is -4.39. The predicted molar refractivity (Wildman–Crippen MR) is 127 cm³/mol. The van der Waals surface area contributed by atoms with E-state index in [-0.39, 0.29) is 17.9 Å². The quantitative estimate of drug-likeness (QED) is 0.236. The highest BCUT2D eigenvalue weighted by Gasteiger charge is 2.46. The van der Waals surface area contributed by atoms with Gasteiger partial charge < -0.3 is 19.5 Å². The van der Waals surface area contributed by atoms with Gasteiger partial charge in [0.15, 0.2) is 0 Å². The molecule has 1 fully saturated rings. The van der Waals surface area contributed by atoms with Gasteiger partial charge in [0, 0.05) is 24.5 Å². The van der Waals surface area contributed by atoms with Crippen molar-refractivity contribution in [1.29, 1.82) is 0 Å². The Balaban J connectivity index is 1.82. The van der Waals surface area contributed by atoms with Gasteiger partial charge in [-0.25, -0.2) is 0 Å². The number of hydrogen-bond donors (Lipinski definition) is 1. The number of aliphatic hydroxyl groups excluding tert-OH is 1. The number of rotatable bonds is 8. The number of methoxy groups -OCH3 is 1. The summed E-state index contributed by atoms with van der Waals surface area (Å²) in [6.07, 6.45) is 4.93. The molecule has 1 unspecified atom stereocenters. The maximum Gasteiger partial charge on any atom is 0.295 e. The normalized spacial score (nSPS) is 17.0. The zero-order valence-corrected chi connectivity index (χ0v) is 18.7. The first-order chi connectivity index (χ1) is 16.5. The standard InChI is InChI=1S/C27H24N2O5/c1-3-14-34-21-11-9-19(10-12-21)24-23(25(30)20-7-4-8-22(15-20)33-2)26(31)27(32)29(24)17-18-6-5-13-28-16-18/h3-13,15-16,24,30H,1,14,17H2,2H3/b25-23+. The van der Waals surface area contributed by atoms with Gasteiger partial charge in [-0.3, -0.25) is 14.6 Å². The van der Waals surface area contributed by atoms with Crippen molar-refractivity contribution in [3.05, 3.63) is 108 Å². The third-order valence-electron chi connectivity index (χ3n) is 5.52.